The Kier molecular flexibility index (Phi) is 4.89. The Morgan fingerprint density at radius 2 is 2.16 bits per heavy atom. The molecule has 6 heteroatoms. The number of hydrogen-bond acceptors (Lipinski definition) is 3. The Morgan fingerprint density at radius 3 is 2.74 bits per heavy atom. The number of nitrogens with zero attached hydrogens (tertiary/aromatic N) is 2. The van der Waals surface area contributed by atoms with Crippen LogP contribution in [0, 0.1) is 18.3 Å². The van der Waals surface area contributed by atoms with Crippen LogP contribution in [0.4, 0.5) is 10.5 Å². The van der Waals surface area contributed by atoms with Crippen LogP contribution in [-0.2, 0) is 4.79 Å². The summed E-state index contributed by atoms with van der Waals surface area (Å²) in [6.07, 6.45) is -0.122. The van der Waals surface area contributed by atoms with Crippen LogP contribution >= 0.6 is 0 Å². The fourth-order valence-corrected chi connectivity index (χ4v) is 1.50. The molecule has 0 saturated carbocycles. The maximum Gasteiger partial charge on any atom is 0.321 e. The van der Waals surface area contributed by atoms with Gasteiger partial charge in [-0.05, 0) is 18.6 Å². The van der Waals surface area contributed by atoms with Gasteiger partial charge in [-0.2, -0.15) is 5.26 Å². The lowest BCUT2D eigenvalue weighted by Gasteiger charge is -2.17. The number of amides is 2. The minimum absolute atomic E-state index is 0.106. The van der Waals surface area contributed by atoms with Gasteiger partial charge in [-0.1, -0.05) is 12.1 Å². The summed E-state index contributed by atoms with van der Waals surface area (Å²) < 4.78 is 0. The van der Waals surface area contributed by atoms with Crippen LogP contribution in [0.1, 0.15) is 17.5 Å². The van der Waals surface area contributed by atoms with Crippen molar-refractivity contribution in [2.24, 2.45) is 0 Å². The number of hydrogen-bond donors (Lipinski definition) is 2. The van der Waals surface area contributed by atoms with E-state index in [2.05, 4.69) is 5.32 Å². The van der Waals surface area contributed by atoms with Crippen LogP contribution < -0.4 is 5.32 Å². The molecule has 0 atom stereocenters. The van der Waals surface area contributed by atoms with E-state index in [1.54, 1.807) is 25.1 Å². The SMILES string of the molecule is Cc1cccc(NC(=O)N(C)CCC(=O)O)c1C#N. The number of carboxylic acids is 1. The van der Waals surface area contributed by atoms with Crippen molar-refractivity contribution in [2.75, 3.05) is 18.9 Å². The largest absolute Gasteiger partial charge is 0.481 e. The second-order valence-electron chi connectivity index (χ2n) is 4.10. The Balaban J connectivity index is 2.75. The molecule has 0 aliphatic rings. The Labute approximate surface area is 111 Å². The van der Waals surface area contributed by atoms with Gasteiger partial charge in [-0.25, -0.2) is 4.79 Å². The first-order valence-electron chi connectivity index (χ1n) is 5.69. The second kappa shape index (κ2) is 6.40. The van der Waals surface area contributed by atoms with Crippen molar-refractivity contribution < 1.29 is 14.7 Å². The first kappa shape index (κ1) is 14.5. The highest BCUT2D eigenvalue weighted by atomic mass is 16.4. The maximum atomic E-state index is 11.8. The number of aryl methyl sites for hydroxylation is 1. The predicted octanol–water partition coefficient (Wildman–Crippen LogP) is 1.81. The number of urea groups is 1. The van der Waals surface area contributed by atoms with Gasteiger partial charge in [0.05, 0.1) is 17.7 Å². The minimum Gasteiger partial charge on any atom is -0.481 e. The topological polar surface area (TPSA) is 93.4 Å². The molecule has 1 aromatic carbocycles. The van der Waals surface area contributed by atoms with Gasteiger partial charge in [0.1, 0.15) is 6.07 Å². The van der Waals surface area contributed by atoms with Gasteiger partial charge in [0.2, 0.25) is 0 Å². The predicted molar refractivity (Wildman–Crippen MR) is 69.8 cm³/mol. The molecule has 0 fully saturated rings. The van der Waals surface area contributed by atoms with E-state index < -0.39 is 12.0 Å². The third-order valence-electron chi connectivity index (χ3n) is 2.63. The zero-order valence-electron chi connectivity index (χ0n) is 10.8. The molecule has 0 aliphatic heterocycles. The summed E-state index contributed by atoms with van der Waals surface area (Å²) in [6, 6.07) is 6.74. The standard InChI is InChI=1S/C13H15N3O3/c1-9-4-3-5-11(10(9)8-14)15-13(19)16(2)7-6-12(17)18/h3-5H,6-7H2,1-2H3,(H,15,19)(H,17,18). The number of carbonyl (C=O) groups excluding carboxylic acids is 1. The number of carbonyl (C=O) groups is 2. The molecule has 0 unspecified atom stereocenters. The fraction of sp³-hybridized carbons (Fsp3) is 0.308. The molecule has 0 heterocycles. The van der Waals surface area contributed by atoms with Gasteiger partial charge in [-0.15, -0.1) is 0 Å². The van der Waals surface area contributed by atoms with Crippen molar-refractivity contribution in [1.82, 2.24) is 4.90 Å². The molecular weight excluding hydrogens is 246 g/mol. The molecule has 2 amide bonds. The Bertz CT molecular complexity index is 534. The summed E-state index contributed by atoms with van der Waals surface area (Å²) in [5, 5.41) is 20.2. The number of rotatable bonds is 4. The van der Waals surface area contributed by atoms with Crippen molar-refractivity contribution in [3.63, 3.8) is 0 Å². The smallest absolute Gasteiger partial charge is 0.321 e. The average molecular weight is 261 g/mol. The third-order valence-corrected chi connectivity index (χ3v) is 2.63. The zero-order valence-corrected chi connectivity index (χ0v) is 10.8. The third kappa shape index (κ3) is 4.00. The van der Waals surface area contributed by atoms with Gasteiger partial charge < -0.3 is 15.3 Å². The number of carboxylic acid groups (broad SMARTS) is 1. The van der Waals surface area contributed by atoms with Crippen LogP contribution in [0.25, 0.3) is 0 Å². The summed E-state index contributed by atoms with van der Waals surface area (Å²) in [4.78, 5) is 23.5. The highest BCUT2D eigenvalue weighted by Crippen LogP contribution is 2.18. The lowest BCUT2D eigenvalue weighted by Crippen LogP contribution is -2.33. The highest BCUT2D eigenvalue weighted by molar-refractivity contribution is 5.91. The summed E-state index contributed by atoms with van der Waals surface area (Å²) in [5.74, 6) is -0.965. The molecule has 0 bridgehead atoms. The van der Waals surface area contributed by atoms with Gasteiger partial charge in [0.25, 0.3) is 0 Å². The average Bonchev–Trinajstić information content (AvgIpc) is 2.36. The second-order valence-corrected chi connectivity index (χ2v) is 4.10. The van der Waals surface area contributed by atoms with Crippen LogP contribution in [0.3, 0.4) is 0 Å². The van der Waals surface area contributed by atoms with E-state index in [1.807, 2.05) is 6.07 Å². The van der Waals surface area contributed by atoms with Crippen molar-refractivity contribution in [1.29, 1.82) is 5.26 Å². The van der Waals surface area contributed by atoms with E-state index >= 15 is 0 Å². The summed E-state index contributed by atoms with van der Waals surface area (Å²) >= 11 is 0. The lowest BCUT2D eigenvalue weighted by molar-refractivity contribution is -0.137. The first-order valence-corrected chi connectivity index (χ1v) is 5.69. The van der Waals surface area contributed by atoms with Crippen molar-refractivity contribution in [2.45, 2.75) is 13.3 Å². The Hall–Kier alpha value is -2.55. The van der Waals surface area contributed by atoms with Crippen LogP contribution in [0.5, 0.6) is 0 Å². The number of anilines is 1. The molecule has 0 saturated heterocycles. The molecule has 2 N–H and O–H groups in total. The molecule has 0 radical (unpaired) electrons. The molecule has 6 nitrogen and oxygen atoms in total. The molecule has 0 aromatic heterocycles. The quantitative estimate of drug-likeness (QED) is 0.864. The molecule has 1 aromatic rings. The number of aliphatic carboxylic acids is 1. The normalized spacial score (nSPS) is 9.53. The van der Waals surface area contributed by atoms with E-state index in [0.717, 1.165) is 5.56 Å². The summed E-state index contributed by atoms with van der Waals surface area (Å²) in [5.41, 5.74) is 1.60. The number of benzene rings is 1. The van der Waals surface area contributed by atoms with E-state index in [0.29, 0.717) is 11.3 Å². The lowest BCUT2D eigenvalue weighted by atomic mass is 10.1. The molecule has 0 spiro atoms. The molecule has 100 valence electrons. The minimum atomic E-state index is -0.965. The van der Waals surface area contributed by atoms with Gasteiger partial charge in [0, 0.05) is 13.6 Å². The first-order chi connectivity index (χ1) is 8.95. The van der Waals surface area contributed by atoms with E-state index in [9.17, 15) is 9.59 Å². The highest BCUT2D eigenvalue weighted by Gasteiger charge is 2.13. The Morgan fingerprint density at radius 1 is 1.47 bits per heavy atom. The van der Waals surface area contributed by atoms with Crippen molar-refractivity contribution >= 4 is 17.7 Å². The summed E-state index contributed by atoms with van der Waals surface area (Å²) in [6.45, 7) is 1.89. The molecule has 19 heavy (non-hydrogen) atoms. The van der Waals surface area contributed by atoms with Gasteiger partial charge in [0.15, 0.2) is 0 Å². The van der Waals surface area contributed by atoms with Crippen LogP contribution in [0.15, 0.2) is 18.2 Å². The summed E-state index contributed by atoms with van der Waals surface area (Å²) in [7, 11) is 1.50. The van der Waals surface area contributed by atoms with E-state index in [-0.39, 0.29) is 13.0 Å². The maximum absolute atomic E-state index is 11.8. The number of nitrogens with one attached hydrogen (secondary N) is 1. The van der Waals surface area contributed by atoms with Crippen molar-refractivity contribution in [3.8, 4) is 6.07 Å². The van der Waals surface area contributed by atoms with E-state index in [1.165, 1.54) is 11.9 Å². The monoisotopic (exact) mass is 261 g/mol. The zero-order chi connectivity index (χ0) is 14.4. The molecule has 0 aliphatic carbocycles. The van der Waals surface area contributed by atoms with Gasteiger partial charge in [-0.3, -0.25) is 4.79 Å². The van der Waals surface area contributed by atoms with Crippen LogP contribution in [0.2, 0.25) is 0 Å². The fourth-order valence-electron chi connectivity index (χ4n) is 1.50. The number of nitriles is 1. The van der Waals surface area contributed by atoms with E-state index in [4.69, 9.17) is 10.4 Å². The molecule has 1 rings (SSSR count). The molecular formula is C13H15N3O3. The van der Waals surface area contributed by atoms with Crippen molar-refractivity contribution in [3.05, 3.63) is 29.3 Å². The van der Waals surface area contributed by atoms with Gasteiger partial charge >= 0.3 is 12.0 Å². The van der Waals surface area contributed by atoms with Crippen LogP contribution in [-0.4, -0.2) is 35.6 Å².